The van der Waals surface area contributed by atoms with Gasteiger partial charge in [0.25, 0.3) is 0 Å². The summed E-state index contributed by atoms with van der Waals surface area (Å²) in [5.74, 6) is 0.937. The number of carbonyl (C=O) groups is 1. The molecule has 2 aromatic rings. The second-order valence-corrected chi connectivity index (χ2v) is 11.0. The van der Waals surface area contributed by atoms with Crippen molar-refractivity contribution in [3.05, 3.63) is 48.0 Å². The summed E-state index contributed by atoms with van der Waals surface area (Å²) in [5, 5.41) is 2.97. The van der Waals surface area contributed by atoms with Crippen LogP contribution < -0.4 is 14.8 Å². The lowest BCUT2D eigenvalue weighted by atomic mass is 9.89. The van der Waals surface area contributed by atoms with Crippen LogP contribution in [-0.4, -0.2) is 51.2 Å². The molecule has 1 heterocycles. The molecule has 0 spiro atoms. The number of methoxy groups -OCH3 is 1. The Labute approximate surface area is 188 Å². The zero-order chi connectivity index (χ0) is 22.8. The fourth-order valence-corrected chi connectivity index (χ4v) is 5.08. The van der Waals surface area contributed by atoms with E-state index in [-0.39, 0.29) is 23.4 Å². The number of rotatable bonds is 7. The molecule has 2 aromatic carbocycles. The van der Waals surface area contributed by atoms with Gasteiger partial charge in [0.2, 0.25) is 15.9 Å². The third kappa shape index (κ3) is 5.34. The van der Waals surface area contributed by atoms with Gasteiger partial charge in [-0.05, 0) is 56.5 Å². The number of sulfonamides is 1. The van der Waals surface area contributed by atoms with Gasteiger partial charge in [0.1, 0.15) is 17.1 Å². The molecule has 0 saturated heterocycles. The summed E-state index contributed by atoms with van der Waals surface area (Å²) in [6.45, 7) is 3.61. The van der Waals surface area contributed by atoms with Crippen molar-refractivity contribution >= 4 is 27.7 Å². The lowest BCUT2D eigenvalue weighted by Gasteiger charge is -2.38. The van der Waals surface area contributed by atoms with Crippen LogP contribution in [0.15, 0.2) is 52.3 Å². The van der Waals surface area contributed by atoms with Gasteiger partial charge in [-0.25, -0.2) is 8.42 Å². The number of nitrogens with one attached hydrogen (secondary N) is 1. The Hall–Kier alpha value is -2.23. The molecule has 0 aliphatic carbocycles. The summed E-state index contributed by atoms with van der Waals surface area (Å²) in [5.41, 5.74) is 0.348. The fourth-order valence-electron chi connectivity index (χ4n) is 3.54. The van der Waals surface area contributed by atoms with Crippen molar-refractivity contribution < 1.29 is 22.7 Å². The normalized spacial score (nSPS) is 17.5. The minimum Gasteiger partial charge on any atom is -0.497 e. The predicted octanol–water partition coefficient (Wildman–Crippen LogP) is 3.46. The zero-order valence-electron chi connectivity index (χ0n) is 18.3. The molecule has 168 valence electrons. The van der Waals surface area contributed by atoms with Crippen molar-refractivity contribution in [1.29, 1.82) is 0 Å². The standard InChI is InChI=1S/C22H28N2O5S2/c1-22(2)13-19(18-11-6-15(28-4)12-20(18)29-22)23-21(25)14-24(3)31(26,27)17-9-7-16(30-5)8-10-17/h6-12,19H,13-14H2,1-5H3,(H,23,25)/t19-/m0/s1. The molecule has 1 aliphatic heterocycles. The van der Waals surface area contributed by atoms with E-state index in [4.69, 9.17) is 9.47 Å². The van der Waals surface area contributed by atoms with E-state index in [9.17, 15) is 13.2 Å². The molecule has 9 heteroatoms. The molecule has 31 heavy (non-hydrogen) atoms. The molecule has 0 fully saturated rings. The molecular weight excluding hydrogens is 436 g/mol. The summed E-state index contributed by atoms with van der Waals surface area (Å²) < 4.78 is 38.1. The highest BCUT2D eigenvalue weighted by atomic mass is 32.2. The maximum atomic E-state index is 12.8. The number of benzene rings is 2. The van der Waals surface area contributed by atoms with Crippen LogP contribution in [0.2, 0.25) is 0 Å². The average Bonchev–Trinajstić information content (AvgIpc) is 2.72. The van der Waals surface area contributed by atoms with E-state index in [1.165, 1.54) is 18.8 Å². The highest BCUT2D eigenvalue weighted by molar-refractivity contribution is 7.98. The number of nitrogens with zero attached hydrogens (tertiary/aromatic N) is 1. The van der Waals surface area contributed by atoms with Crippen LogP contribution in [0.25, 0.3) is 0 Å². The lowest BCUT2D eigenvalue weighted by molar-refractivity contribution is -0.122. The second kappa shape index (κ2) is 9.10. The molecule has 0 radical (unpaired) electrons. The van der Waals surface area contributed by atoms with Crippen molar-refractivity contribution in [2.75, 3.05) is 27.0 Å². The van der Waals surface area contributed by atoms with Gasteiger partial charge < -0.3 is 14.8 Å². The van der Waals surface area contributed by atoms with E-state index in [0.29, 0.717) is 17.9 Å². The van der Waals surface area contributed by atoms with Crippen molar-refractivity contribution in [1.82, 2.24) is 9.62 Å². The van der Waals surface area contributed by atoms with E-state index in [1.807, 2.05) is 32.2 Å². The molecule has 0 aromatic heterocycles. The predicted molar refractivity (Wildman–Crippen MR) is 121 cm³/mol. The first-order valence-corrected chi connectivity index (χ1v) is 12.5. The number of likely N-dealkylation sites (N-methyl/N-ethyl adjacent to an activating group) is 1. The third-order valence-corrected chi connectivity index (χ3v) is 7.71. The van der Waals surface area contributed by atoms with Crippen LogP contribution in [0.4, 0.5) is 0 Å². The molecular formula is C22H28N2O5S2. The number of hydrogen-bond acceptors (Lipinski definition) is 6. The zero-order valence-corrected chi connectivity index (χ0v) is 20.0. The van der Waals surface area contributed by atoms with Crippen LogP contribution in [0.5, 0.6) is 11.5 Å². The Morgan fingerprint density at radius 3 is 2.55 bits per heavy atom. The monoisotopic (exact) mass is 464 g/mol. The van der Waals surface area contributed by atoms with E-state index in [2.05, 4.69) is 5.32 Å². The molecule has 1 amide bonds. The maximum Gasteiger partial charge on any atom is 0.243 e. The van der Waals surface area contributed by atoms with Gasteiger partial charge in [-0.3, -0.25) is 4.79 Å². The molecule has 3 rings (SSSR count). The molecule has 1 atom stereocenters. The average molecular weight is 465 g/mol. The topological polar surface area (TPSA) is 84.9 Å². The van der Waals surface area contributed by atoms with Gasteiger partial charge in [0, 0.05) is 30.0 Å². The van der Waals surface area contributed by atoms with E-state index >= 15 is 0 Å². The quantitative estimate of drug-likeness (QED) is 0.632. The van der Waals surface area contributed by atoms with Crippen LogP contribution in [0, 0.1) is 0 Å². The van der Waals surface area contributed by atoms with Crippen molar-refractivity contribution in [3.63, 3.8) is 0 Å². The van der Waals surface area contributed by atoms with Gasteiger partial charge in [-0.15, -0.1) is 11.8 Å². The summed E-state index contributed by atoms with van der Waals surface area (Å²) >= 11 is 1.53. The Bertz CT molecular complexity index is 1050. The number of hydrogen-bond donors (Lipinski definition) is 1. The summed E-state index contributed by atoms with van der Waals surface area (Å²) in [7, 11) is -0.780. The minimum atomic E-state index is -3.77. The second-order valence-electron chi connectivity index (χ2n) is 8.03. The summed E-state index contributed by atoms with van der Waals surface area (Å²) in [4.78, 5) is 13.9. The number of fused-ring (bicyclic) bond motifs is 1. The highest BCUT2D eigenvalue weighted by Gasteiger charge is 2.35. The summed E-state index contributed by atoms with van der Waals surface area (Å²) in [6.07, 6.45) is 2.48. The van der Waals surface area contributed by atoms with Gasteiger partial charge in [-0.1, -0.05) is 0 Å². The Morgan fingerprint density at radius 1 is 1.26 bits per heavy atom. The largest absolute Gasteiger partial charge is 0.497 e. The van der Waals surface area contributed by atoms with Crippen LogP contribution >= 0.6 is 11.8 Å². The smallest absolute Gasteiger partial charge is 0.243 e. The molecule has 0 saturated carbocycles. The van der Waals surface area contributed by atoms with E-state index in [0.717, 1.165) is 14.8 Å². The third-order valence-electron chi connectivity index (χ3n) is 5.15. The minimum absolute atomic E-state index is 0.158. The van der Waals surface area contributed by atoms with Gasteiger partial charge in [0.05, 0.1) is 24.6 Å². The molecule has 1 aliphatic rings. The molecule has 1 N–H and O–H groups in total. The van der Waals surface area contributed by atoms with Gasteiger partial charge in [-0.2, -0.15) is 4.31 Å². The summed E-state index contributed by atoms with van der Waals surface area (Å²) in [6, 6.07) is 11.8. The number of carbonyl (C=O) groups excluding carboxylic acids is 1. The molecule has 0 unspecified atom stereocenters. The number of amides is 1. The van der Waals surface area contributed by atoms with Crippen LogP contribution in [0.1, 0.15) is 31.9 Å². The number of thioether (sulfide) groups is 1. The first-order valence-electron chi connectivity index (χ1n) is 9.82. The van der Waals surface area contributed by atoms with Crippen molar-refractivity contribution in [2.24, 2.45) is 0 Å². The molecule has 0 bridgehead atoms. The van der Waals surface area contributed by atoms with Crippen molar-refractivity contribution in [3.8, 4) is 11.5 Å². The van der Waals surface area contributed by atoms with E-state index in [1.54, 1.807) is 37.4 Å². The Morgan fingerprint density at radius 2 is 1.94 bits per heavy atom. The fraction of sp³-hybridized carbons (Fsp3) is 0.409. The van der Waals surface area contributed by atoms with Gasteiger partial charge in [0.15, 0.2) is 0 Å². The maximum absolute atomic E-state index is 12.8. The van der Waals surface area contributed by atoms with Crippen molar-refractivity contribution in [2.45, 2.75) is 41.7 Å². The first kappa shape index (κ1) is 23.4. The van der Waals surface area contributed by atoms with E-state index < -0.39 is 15.6 Å². The highest BCUT2D eigenvalue weighted by Crippen LogP contribution is 2.41. The Balaban J connectivity index is 1.74. The lowest BCUT2D eigenvalue weighted by Crippen LogP contribution is -2.44. The first-order chi connectivity index (χ1) is 14.6. The molecule has 7 nitrogen and oxygen atoms in total. The van der Waals surface area contributed by atoms with Crippen LogP contribution in [0.3, 0.4) is 0 Å². The van der Waals surface area contributed by atoms with Gasteiger partial charge >= 0.3 is 0 Å². The number of ether oxygens (including phenoxy) is 2. The van der Waals surface area contributed by atoms with Crippen LogP contribution in [-0.2, 0) is 14.8 Å². The Kier molecular flexibility index (Phi) is 6.88. The SMILES string of the molecule is COc1ccc2c(c1)OC(C)(C)C[C@@H]2NC(=O)CN(C)S(=O)(=O)c1ccc(SC)cc1.